The lowest BCUT2D eigenvalue weighted by Gasteiger charge is -2.17. The van der Waals surface area contributed by atoms with Gasteiger partial charge in [-0.15, -0.1) is 0 Å². The summed E-state index contributed by atoms with van der Waals surface area (Å²) in [7, 11) is 0. The predicted octanol–water partition coefficient (Wildman–Crippen LogP) is 4.89. The van der Waals surface area contributed by atoms with E-state index in [2.05, 4.69) is 5.32 Å². The Labute approximate surface area is 159 Å². The molecule has 0 aromatic heterocycles. The van der Waals surface area contributed by atoms with Gasteiger partial charge in [0, 0.05) is 5.69 Å². The van der Waals surface area contributed by atoms with Crippen molar-refractivity contribution in [1.82, 2.24) is 0 Å². The molecular formula is C23H23NO3. The van der Waals surface area contributed by atoms with E-state index >= 15 is 0 Å². The number of amides is 1. The number of fused-ring (bicyclic) bond motifs is 1. The van der Waals surface area contributed by atoms with Crippen molar-refractivity contribution in [2.24, 2.45) is 0 Å². The second kappa shape index (κ2) is 8.04. The van der Waals surface area contributed by atoms with Crippen LogP contribution in [0, 0.1) is 6.92 Å². The summed E-state index contributed by atoms with van der Waals surface area (Å²) < 4.78 is 5.44. The minimum absolute atomic E-state index is 0.340. The van der Waals surface area contributed by atoms with Gasteiger partial charge in [0.15, 0.2) is 6.10 Å². The molecule has 0 saturated heterocycles. The summed E-state index contributed by atoms with van der Waals surface area (Å²) in [5.74, 6) is -0.845. The van der Waals surface area contributed by atoms with Gasteiger partial charge < -0.3 is 10.1 Å². The summed E-state index contributed by atoms with van der Waals surface area (Å²) in [5, 5.41) is 4.67. The highest BCUT2D eigenvalue weighted by Gasteiger charge is 2.21. The Morgan fingerprint density at radius 1 is 1.00 bits per heavy atom. The van der Waals surface area contributed by atoms with Gasteiger partial charge in [-0.2, -0.15) is 0 Å². The number of carbonyl (C=O) groups is 2. The monoisotopic (exact) mass is 361 g/mol. The van der Waals surface area contributed by atoms with Gasteiger partial charge in [0.05, 0.1) is 5.56 Å². The van der Waals surface area contributed by atoms with Crippen LogP contribution < -0.4 is 5.32 Å². The predicted molar refractivity (Wildman–Crippen MR) is 108 cm³/mol. The van der Waals surface area contributed by atoms with Crippen molar-refractivity contribution in [2.75, 3.05) is 5.32 Å². The van der Waals surface area contributed by atoms with Crippen LogP contribution in [0.15, 0.2) is 60.7 Å². The molecule has 1 atom stereocenters. The Balaban J connectivity index is 1.76. The lowest BCUT2D eigenvalue weighted by atomic mass is 10.0. The normalized spacial score (nSPS) is 11.8. The molecule has 3 aromatic rings. The van der Waals surface area contributed by atoms with Crippen LogP contribution in [0.2, 0.25) is 0 Å². The summed E-state index contributed by atoms with van der Waals surface area (Å²) in [5.41, 5.74) is 3.28. The summed E-state index contributed by atoms with van der Waals surface area (Å²) in [4.78, 5) is 25.2. The van der Waals surface area contributed by atoms with Crippen LogP contribution in [0.3, 0.4) is 0 Å². The van der Waals surface area contributed by atoms with E-state index in [9.17, 15) is 9.59 Å². The zero-order valence-electron chi connectivity index (χ0n) is 15.8. The van der Waals surface area contributed by atoms with Gasteiger partial charge in [0.1, 0.15) is 0 Å². The average Bonchev–Trinajstić information content (AvgIpc) is 2.68. The molecule has 0 heterocycles. The van der Waals surface area contributed by atoms with Crippen molar-refractivity contribution in [3.8, 4) is 0 Å². The van der Waals surface area contributed by atoms with E-state index in [-0.39, 0.29) is 5.91 Å². The van der Waals surface area contributed by atoms with Crippen LogP contribution in [-0.2, 0) is 16.0 Å². The van der Waals surface area contributed by atoms with E-state index < -0.39 is 12.1 Å². The summed E-state index contributed by atoms with van der Waals surface area (Å²) in [6, 6.07) is 19.0. The minimum Gasteiger partial charge on any atom is -0.449 e. The topological polar surface area (TPSA) is 55.4 Å². The number of esters is 1. The average molecular weight is 361 g/mol. The highest BCUT2D eigenvalue weighted by atomic mass is 16.5. The molecule has 4 nitrogen and oxygen atoms in total. The lowest BCUT2D eigenvalue weighted by Crippen LogP contribution is -2.30. The molecular weight excluding hydrogens is 338 g/mol. The van der Waals surface area contributed by atoms with Gasteiger partial charge >= 0.3 is 5.97 Å². The number of anilines is 1. The van der Waals surface area contributed by atoms with Crippen molar-refractivity contribution in [1.29, 1.82) is 0 Å². The van der Waals surface area contributed by atoms with E-state index in [4.69, 9.17) is 4.74 Å². The number of ether oxygens (including phenoxy) is 1. The molecule has 27 heavy (non-hydrogen) atoms. The maximum atomic E-state index is 12.6. The number of carbonyl (C=O) groups excluding carboxylic acids is 2. The fourth-order valence-corrected chi connectivity index (χ4v) is 3.11. The van der Waals surface area contributed by atoms with Crippen LogP contribution in [-0.4, -0.2) is 18.0 Å². The number of benzene rings is 3. The molecule has 0 aliphatic carbocycles. The number of aryl methyl sites for hydroxylation is 2. The molecule has 4 heteroatoms. The van der Waals surface area contributed by atoms with Gasteiger partial charge in [-0.3, -0.25) is 4.79 Å². The van der Waals surface area contributed by atoms with Gasteiger partial charge in [-0.05, 0) is 48.2 Å². The second-order valence-electron chi connectivity index (χ2n) is 6.53. The van der Waals surface area contributed by atoms with E-state index in [0.29, 0.717) is 5.56 Å². The van der Waals surface area contributed by atoms with Crippen molar-refractivity contribution < 1.29 is 14.3 Å². The highest BCUT2D eigenvalue weighted by Crippen LogP contribution is 2.22. The summed E-state index contributed by atoms with van der Waals surface area (Å²) >= 11 is 0. The number of para-hydroxylation sites is 1. The van der Waals surface area contributed by atoms with Crippen molar-refractivity contribution >= 4 is 28.3 Å². The molecule has 0 spiro atoms. The fraction of sp³-hybridized carbons (Fsp3) is 0.217. The number of hydrogen-bond donors (Lipinski definition) is 1. The first-order valence-electron chi connectivity index (χ1n) is 9.09. The van der Waals surface area contributed by atoms with Crippen LogP contribution >= 0.6 is 0 Å². The molecule has 3 rings (SSSR count). The number of hydrogen-bond acceptors (Lipinski definition) is 3. The van der Waals surface area contributed by atoms with Gasteiger partial charge in [0.2, 0.25) is 0 Å². The molecule has 0 bridgehead atoms. The Bertz CT molecular complexity index is 989. The van der Waals surface area contributed by atoms with Crippen LogP contribution in [0.4, 0.5) is 5.69 Å². The van der Waals surface area contributed by atoms with Crippen molar-refractivity contribution in [2.45, 2.75) is 33.3 Å². The third-order valence-electron chi connectivity index (χ3n) is 4.65. The number of rotatable bonds is 5. The SMILES string of the molecule is CCc1cccc(C)c1NC(=O)C(C)OC(=O)c1cccc2ccccc12. The van der Waals surface area contributed by atoms with E-state index in [1.54, 1.807) is 13.0 Å². The minimum atomic E-state index is -0.902. The maximum absolute atomic E-state index is 12.6. The van der Waals surface area contributed by atoms with Crippen LogP contribution in [0.5, 0.6) is 0 Å². The van der Waals surface area contributed by atoms with Crippen LogP contribution in [0.25, 0.3) is 10.8 Å². The fourth-order valence-electron chi connectivity index (χ4n) is 3.11. The molecule has 0 saturated carbocycles. The smallest absolute Gasteiger partial charge is 0.339 e. The molecule has 1 N–H and O–H groups in total. The first-order valence-corrected chi connectivity index (χ1v) is 9.09. The summed E-state index contributed by atoms with van der Waals surface area (Å²) in [6.45, 7) is 5.57. The largest absolute Gasteiger partial charge is 0.449 e. The zero-order valence-corrected chi connectivity index (χ0v) is 15.8. The van der Waals surface area contributed by atoms with E-state index in [1.807, 2.05) is 68.4 Å². The van der Waals surface area contributed by atoms with E-state index in [1.165, 1.54) is 0 Å². The van der Waals surface area contributed by atoms with Gasteiger partial charge in [0.25, 0.3) is 5.91 Å². The summed E-state index contributed by atoms with van der Waals surface area (Å²) in [6.07, 6.45) is -0.0950. The first-order chi connectivity index (χ1) is 13.0. The molecule has 0 radical (unpaired) electrons. The Kier molecular flexibility index (Phi) is 5.55. The molecule has 0 fully saturated rings. The molecule has 1 unspecified atom stereocenters. The van der Waals surface area contributed by atoms with Crippen LogP contribution in [0.1, 0.15) is 35.3 Å². The van der Waals surface area contributed by atoms with Crippen molar-refractivity contribution in [3.63, 3.8) is 0 Å². The molecule has 3 aromatic carbocycles. The first kappa shape index (κ1) is 18.6. The third kappa shape index (κ3) is 4.00. The molecule has 0 aliphatic rings. The van der Waals surface area contributed by atoms with Crippen molar-refractivity contribution in [3.05, 3.63) is 77.4 Å². The Hall–Kier alpha value is -3.14. The Morgan fingerprint density at radius 3 is 2.48 bits per heavy atom. The van der Waals surface area contributed by atoms with Gasteiger partial charge in [-0.1, -0.05) is 61.5 Å². The zero-order chi connectivity index (χ0) is 19.4. The van der Waals surface area contributed by atoms with E-state index in [0.717, 1.165) is 34.0 Å². The molecule has 138 valence electrons. The quantitative estimate of drug-likeness (QED) is 0.658. The Morgan fingerprint density at radius 2 is 1.70 bits per heavy atom. The third-order valence-corrected chi connectivity index (χ3v) is 4.65. The standard InChI is InChI=1S/C23H23NO3/c1-4-17-11-7-9-15(2)21(17)24-22(25)16(3)27-23(26)20-14-8-12-18-10-5-6-13-19(18)20/h5-14,16H,4H2,1-3H3,(H,24,25). The maximum Gasteiger partial charge on any atom is 0.339 e. The van der Waals surface area contributed by atoms with Gasteiger partial charge in [-0.25, -0.2) is 4.79 Å². The molecule has 0 aliphatic heterocycles. The second-order valence-corrected chi connectivity index (χ2v) is 6.53. The molecule has 1 amide bonds. The lowest BCUT2D eigenvalue weighted by molar-refractivity contribution is -0.123. The highest BCUT2D eigenvalue weighted by molar-refractivity contribution is 6.05. The number of nitrogens with one attached hydrogen (secondary N) is 1.